The summed E-state index contributed by atoms with van der Waals surface area (Å²) in [5.41, 5.74) is 12.3. The van der Waals surface area contributed by atoms with E-state index in [-0.39, 0.29) is 0 Å². The third-order valence-electron chi connectivity index (χ3n) is 2.46. The normalized spacial score (nSPS) is 22.2. The Labute approximate surface area is 67.3 Å². The first-order valence-corrected chi connectivity index (χ1v) is 4.16. The van der Waals surface area contributed by atoms with Crippen LogP contribution in [0.3, 0.4) is 0 Å². The summed E-state index contributed by atoms with van der Waals surface area (Å²) in [6.07, 6.45) is 2.44. The molecule has 2 N–H and O–H groups in total. The number of hydrogen-bond donors (Lipinski definition) is 2. The molecule has 0 saturated heterocycles. The minimum Gasteiger partial charge on any atom is -0.325 e. The van der Waals surface area contributed by atoms with Crippen LogP contribution in [0.4, 0.5) is 0 Å². The van der Waals surface area contributed by atoms with Gasteiger partial charge in [-0.3, -0.25) is 0 Å². The van der Waals surface area contributed by atoms with E-state index in [9.17, 15) is 0 Å². The second-order valence-electron chi connectivity index (χ2n) is 3.41. The molecule has 0 fully saturated rings. The smallest absolute Gasteiger partial charge is 0.0419 e. The number of allylic oxidation sites excluding steroid dienone is 2. The molecule has 2 aliphatic rings. The Bertz CT molecular complexity index is 244. The molecule has 2 rings (SSSR count). The van der Waals surface area contributed by atoms with Gasteiger partial charge in [-0.25, -0.2) is 5.43 Å². The van der Waals surface area contributed by atoms with E-state index >= 15 is 0 Å². The number of rotatable bonds is 0. The lowest BCUT2D eigenvalue weighted by atomic mass is 10.0. The van der Waals surface area contributed by atoms with Gasteiger partial charge < -0.3 is 5.43 Å². The Balaban J connectivity index is 2.36. The number of nitrogens with one attached hydrogen (secondary N) is 2. The standard InChI is InChI=1S/C9H14N2/c1-6(2)7-3-4-9-8(7)5-10-11-9/h10-11H,3-5H2,1-2H3. The molecule has 1 heterocycles. The van der Waals surface area contributed by atoms with Crippen molar-refractivity contribution in [1.82, 2.24) is 10.9 Å². The molecular formula is C9H14N2. The van der Waals surface area contributed by atoms with Gasteiger partial charge >= 0.3 is 0 Å². The summed E-state index contributed by atoms with van der Waals surface area (Å²) in [4.78, 5) is 0. The zero-order chi connectivity index (χ0) is 7.84. The highest BCUT2D eigenvalue weighted by molar-refractivity contribution is 5.45. The van der Waals surface area contributed by atoms with Crippen molar-refractivity contribution in [2.45, 2.75) is 26.7 Å². The van der Waals surface area contributed by atoms with Crippen molar-refractivity contribution < 1.29 is 0 Å². The zero-order valence-electron chi connectivity index (χ0n) is 7.12. The molecule has 0 aromatic carbocycles. The Morgan fingerprint density at radius 1 is 1.27 bits per heavy atom. The van der Waals surface area contributed by atoms with Gasteiger partial charge in [-0.05, 0) is 37.8 Å². The molecule has 2 heteroatoms. The maximum atomic E-state index is 3.20. The summed E-state index contributed by atoms with van der Waals surface area (Å²) in [5, 5.41) is 0. The van der Waals surface area contributed by atoms with Crippen LogP contribution in [-0.2, 0) is 0 Å². The summed E-state index contributed by atoms with van der Waals surface area (Å²) < 4.78 is 0. The molecule has 60 valence electrons. The van der Waals surface area contributed by atoms with E-state index in [2.05, 4.69) is 24.7 Å². The molecule has 2 nitrogen and oxygen atoms in total. The molecule has 0 bridgehead atoms. The monoisotopic (exact) mass is 150 g/mol. The van der Waals surface area contributed by atoms with Crippen molar-refractivity contribution in [1.29, 1.82) is 0 Å². The lowest BCUT2D eigenvalue weighted by Crippen LogP contribution is -2.24. The first-order valence-electron chi connectivity index (χ1n) is 4.16. The Morgan fingerprint density at radius 3 is 2.82 bits per heavy atom. The van der Waals surface area contributed by atoms with Crippen molar-refractivity contribution in [2.24, 2.45) is 0 Å². The lowest BCUT2D eigenvalue weighted by Gasteiger charge is -2.04. The van der Waals surface area contributed by atoms with Crippen molar-refractivity contribution in [2.75, 3.05) is 6.54 Å². The van der Waals surface area contributed by atoms with Gasteiger partial charge in [0.2, 0.25) is 0 Å². The Morgan fingerprint density at radius 2 is 2.09 bits per heavy atom. The van der Waals surface area contributed by atoms with E-state index in [0.717, 1.165) is 6.54 Å². The van der Waals surface area contributed by atoms with Gasteiger partial charge in [0.15, 0.2) is 0 Å². The van der Waals surface area contributed by atoms with Gasteiger partial charge in [-0.15, -0.1) is 0 Å². The predicted molar refractivity (Wildman–Crippen MR) is 45.8 cm³/mol. The fourth-order valence-corrected chi connectivity index (χ4v) is 1.88. The third kappa shape index (κ3) is 0.979. The van der Waals surface area contributed by atoms with Crippen molar-refractivity contribution in [3.63, 3.8) is 0 Å². The van der Waals surface area contributed by atoms with Gasteiger partial charge in [-0.2, -0.15) is 0 Å². The van der Waals surface area contributed by atoms with Crippen LogP contribution in [0.5, 0.6) is 0 Å². The third-order valence-corrected chi connectivity index (χ3v) is 2.46. The summed E-state index contributed by atoms with van der Waals surface area (Å²) in [7, 11) is 0. The first-order chi connectivity index (χ1) is 5.29. The van der Waals surface area contributed by atoms with E-state index in [1.165, 1.54) is 29.7 Å². The average Bonchev–Trinajstić information content (AvgIpc) is 2.41. The van der Waals surface area contributed by atoms with E-state index in [4.69, 9.17) is 0 Å². The highest BCUT2D eigenvalue weighted by Crippen LogP contribution is 2.33. The lowest BCUT2D eigenvalue weighted by molar-refractivity contribution is 0.664. The fourth-order valence-electron chi connectivity index (χ4n) is 1.88. The van der Waals surface area contributed by atoms with Gasteiger partial charge in [0.1, 0.15) is 0 Å². The molecule has 0 aromatic heterocycles. The average molecular weight is 150 g/mol. The summed E-state index contributed by atoms with van der Waals surface area (Å²) in [6.45, 7) is 5.41. The second-order valence-corrected chi connectivity index (χ2v) is 3.41. The molecule has 0 aromatic rings. The minimum atomic E-state index is 1.01. The quantitative estimate of drug-likeness (QED) is 0.546. The van der Waals surface area contributed by atoms with E-state index < -0.39 is 0 Å². The maximum absolute atomic E-state index is 3.20. The first kappa shape index (κ1) is 6.92. The summed E-state index contributed by atoms with van der Waals surface area (Å²) >= 11 is 0. The predicted octanol–water partition coefficient (Wildman–Crippen LogP) is 1.48. The van der Waals surface area contributed by atoms with Crippen LogP contribution < -0.4 is 10.9 Å². The molecule has 0 saturated carbocycles. The van der Waals surface area contributed by atoms with Crippen LogP contribution in [0, 0.1) is 0 Å². The molecule has 1 aliphatic carbocycles. The number of hydrazine groups is 1. The van der Waals surface area contributed by atoms with Gasteiger partial charge in [0.05, 0.1) is 0 Å². The number of hydrogen-bond acceptors (Lipinski definition) is 2. The molecular weight excluding hydrogens is 136 g/mol. The van der Waals surface area contributed by atoms with Crippen molar-refractivity contribution in [3.05, 3.63) is 22.4 Å². The van der Waals surface area contributed by atoms with Crippen LogP contribution in [0.25, 0.3) is 0 Å². The molecule has 0 spiro atoms. The van der Waals surface area contributed by atoms with Crippen LogP contribution in [0.15, 0.2) is 22.4 Å². The van der Waals surface area contributed by atoms with Crippen molar-refractivity contribution >= 4 is 0 Å². The van der Waals surface area contributed by atoms with E-state index in [1.807, 2.05) is 0 Å². The largest absolute Gasteiger partial charge is 0.325 e. The van der Waals surface area contributed by atoms with Gasteiger partial charge in [0, 0.05) is 12.2 Å². The van der Waals surface area contributed by atoms with E-state index in [0.29, 0.717) is 0 Å². The molecule has 11 heavy (non-hydrogen) atoms. The molecule has 0 atom stereocenters. The SMILES string of the molecule is CC(C)=C1CCC2=C1CNN2. The molecule has 0 radical (unpaired) electrons. The molecule has 0 unspecified atom stereocenters. The minimum absolute atomic E-state index is 1.01. The van der Waals surface area contributed by atoms with Crippen LogP contribution in [-0.4, -0.2) is 6.54 Å². The van der Waals surface area contributed by atoms with Crippen LogP contribution >= 0.6 is 0 Å². The Kier molecular flexibility index (Phi) is 1.50. The van der Waals surface area contributed by atoms with E-state index in [1.54, 1.807) is 5.57 Å². The fraction of sp³-hybridized carbons (Fsp3) is 0.556. The second kappa shape index (κ2) is 2.38. The zero-order valence-corrected chi connectivity index (χ0v) is 7.12. The van der Waals surface area contributed by atoms with Gasteiger partial charge in [0.25, 0.3) is 0 Å². The van der Waals surface area contributed by atoms with Crippen molar-refractivity contribution in [3.8, 4) is 0 Å². The summed E-state index contributed by atoms with van der Waals surface area (Å²) in [5.74, 6) is 0. The highest BCUT2D eigenvalue weighted by atomic mass is 15.4. The Hall–Kier alpha value is -0.760. The topological polar surface area (TPSA) is 24.1 Å². The van der Waals surface area contributed by atoms with Gasteiger partial charge in [-0.1, -0.05) is 5.57 Å². The summed E-state index contributed by atoms with van der Waals surface area (Å²) in [6, 6.07) is 0. The van der Waals surface area contributed by atoms with Crippen LogP contribution in [0.1, 0.15) is 26.7 Å². The molecule has 1 aliphatic heterocycles. The highest BCUT2D eigenvalue weighted by Gasteiger charge is 2.23. The van der Waals surface area contributed by atoms with Crippen LogP contribution in [0.2, 0.25) is 0 Å². The maximum Gasteiger partial charge on any atom is 0.0419 e. The molecule has 0 amide bonds.